The lowest BCUT2D eigenvalue weighted by atomic mass is 10.2. The molecule has 2 aromatic rings. The van der Waals surface area contributed by atoms with Crippen LogP contribution in [0.2, 0.25) is 0 Å². The minimum Gasteiger partial charge on any atom is -0.326 e. The highest BCUT2D eigenvalue weighted by Crippen LogP contribution is 2.19. The standard InChI is InChI=1S/C15H17FN2OS/c1-10(2)13-9-20-15(18-13)8-7-14(19)17-12-5-3-11(16)4-6-12/h3-6,9-10H,7-8H2,1-2H3,(H,17,19). The number of amides is 1. The topological polar surface area (TPSA) is 42.0 Å². The number of nitrogens with zero attached hydrogens (tertiary/aromatic N) is 1. The number of thiazole rings is 1. The van der Waals surface area contributed by atoms with Gasteiger partial charge in [-0.05, 0) is 30.2 Å². The van der Waals surface area contributed by atoms with E-state index in [0.717, 1.165) is 10.7 Å². The molecule has 0 aliphatic rings. The molecule has 0 atom stereocenters. The maximum absolute atomic E-state index is 12.7. The lowest BCUT2D eigenvalue weighted by Gasteiger charge is -2.04. The molecule has 0 unspecified atom stereocenters. The van der Waals surface area contributed by atoms with Crippen molar-refractivity contribution in [3.05, 3.63) is 46.2 Å². The highest BCUT2D eigenvalue weighted by Gasteiger charge is 2.08. The number of halogens is 1. The molecule has 1 aromatic carbocycles. The summed E-state index contributed by atoms with van der Waals surface area (Å²) in [6.07, 6.45) is 1.01. The Bertz CT molecular complexity index is 578. The molecular formula is C15H17FN2OS. The van der Waals surface area contributed by atoms with Crippen LogP contribution in [0.3, 0.4) is 0 Å². The zero-order valence-electron chi connectivity index (χ0n) is 11.5. The van der Waals surface area contributed by atoms with E-state index in [1.807, 2.05) is 5.38 Å². The summed E-state index contributed by atoms with van der Waals surface area (Å²) in [5.74, 6) is 0.0120. The summed E-state index contributed by atoms with van der Waals surface area (Å²) in [7, 11) is 0. The van der Waals surface area contributed by atoms with Gasteiger partial charge in [-0.25, -0.2) is 9.37 Å². The molecule has 0 saturated heterocycles. The first-order valence-electron chi connectivity index (χ1n) is 6.54. The molecule has 1 amide bonds. The number of hydrogen-bond donors (Lipinski definition) is 1. The quantitative estimate of drug-likeness (QED) is 0.905. The Balaban J connectivity index is 1.84. The fourth-order valence-corrected chi connectivity index (χ4v) is 2.64. The van der Waals surface area contributed by atoms with Crippen LogP contribution in [0.5, 0.6) is 0 Å². The second kappa shape index (κ2) is 6.61. The van der Waals surface area contributed by atoms with Gasteiger partial charge in [0.1, 0.15) is 5.82 Å². The molecule has 0 aliphatic carbocycles. The molecule has 0 aliphatic heterocycles. The smallest absolute Gasteiger partial charge is 0.224 e. The van der Waals surface area contributed by atoms with Crippen LogP contribution >= 0.6 is 11.3 Å². The Labute approximate surface area is 121 Å². The van der Waals surface area contributed by atoms with Crippen LogP contribution in [0.15, 0.2) is 29.6 Å². The Morgan fingerprint density at radius 3 is 2.65 bits per heavy atom. The van der Waals surface area contributed by atoms with Crippen molar-refractivity contribution in [3.8, 4) is 0 Å². The Kier molecular flexibility index (Phi) is 4.84. The molecule has 0 spiro atoms. The van der Waals surface area contributed by atoms with Gasteiger partial charge in [0.25, 0.3) is 0 Å². The van der Waals surface area contributed by atoms with E-state index in [0.29, 0.717) is 24.4 Å². The number of carbonyl (C=O) groups excluding carboxylic acids is 1. The second-order valence-corrected chi connectivity index (χ2v) is 5.82. The van der Waals surface area contributed by atoms with Crippen molar-refractivity contribution in [1.82, 2.24) is 4.98 Å². The fourth-order valence-electron chi connectivity index (χ4n) is 1.68. The van der Waals surface area contributed by atoms with Crippen LogP contribution in [-0.4, -0.2) is 10.9 Å². The normalized spacial score (nSPS) is 10.8. The predicted molar refractivity (Wildman–Crippen MR) is 79.6 cm³/mol. The third kappa shape index (κ3) is 4.13. The molecule has 1 aromatic heterocycles. The molecule has 106 valence electrons. The first-order chi connectivity index (χ1) is 9.54. The SMILES string of the molecule is CC(C)c1csc(CCC(=O)Nc2ccc(F)cc2)n1. The largest absolute Gasteiger partial charge is 0.326 e. The van der Waals surface area contributed by atoms with Crippen LogP contribution in [0, 0.1) is 5.82 Å². The van der Waals surface area contributed by atoms with E-state index in [1.54, 1.807) is 23.5 Å². The van der Waals surface area contributed by atoms with E-state index in [1.165, 1.54) is 12.1 Å². The summed E-state index contributed by atoms with van der Waals surface area (Å²) >= 11 is 1.59. The summed E-state index contributed by atoms with van der Waals surface area (Å²) < 4.78 is 12.7. The zero-order chi connectivity index (χ0) is 14.5. The summed E-state index contributed by atoms with van der Waals surface area (Å²) in [5.41, 5.74) is 1.68. The number of benzene rings is 1. The third-order valence-corrected chi connectivity index (χ3v) is 3.78. The number of anilines is 1. The molecule has 0 radical (unpaired) electrons. The molecule has 0 saturated carbocycles. The highest BCUT2D eigenvalue weighted by atomic mass is 32.1. The van der Waals surface area contributed by atoms with Gasteiger partial charge in [-0.3, -0.25) is 4.79 Å². The second-order valence-electron chi connectivity index (χ2n) is 4.88. The highest BCUT2D eigenvalue weighted by molar-refractivity contribution is 7.09. The van der Waals surface area contributed by atoms with Crippen molar-refractivity contribution in [2.45, 2.75) is 32.6 Å². The summed E-state index contributed by atoms with van der Waals surface area (Å²) in [5, 5.41) is 5.75. The summed E-state index contributed by atoms with van der Waals surface area (Å²) in [6, 6.07) is 5.75. The van der Waals surface area contributed by atoms with Gasteiger partial charge in [-0.1, -0.05) is 13.8 Å². The van der Waals surface area contributed by atoms with Crippen molar-refractivity contribution in [3.63, 3.8) is 0 Å². The van der Waals surface area contributed by atoms with E-state index in [4.69, 9.17) is 0 Å². The number of aromatic nitrogens is 1. The molecule has 20 heavy (non-hydrogen) atoms. The van der Waals surface area contributed by atoms with Crippen molar-refractivity contribution < 1.29 is 9.18 Å². The van der Waals surface area contributed by atoms with Crippen molar-refractivity contribution >= 4 is 22.9 Å². The van der Waals surface area contributed by atoms with Crippen LogP contribution < -0.4 is 5.32 Å². The van der Waals surface area contributed by atoms with Crippen molar-refractivity contribution in [2.24, 2.45) is 0 Å². The Morgan fingerprint density at radius 1 is 1.35 bits per heavy atom. The van der Waals surface area contributed by atoms with Gasteiger partial charge in [0.15, 0.2) is 0 Å². The minimum absolute atomic E-state index is 0.0853. The molecular weight excluding hydrogens is 275 g/mol. The zero-order valence-corrected chi connectivity index (χ0v) is 12.3. The van der Waals surface area contributed by atoms with Crippen molar-refractivity contribution in [1.29, 1.82) is 0 Å². The maximum Gasteiger partial charge on any atom is 0.224 e. The van der Waals surface area contributed by atoms with Gasteiger partial charge in [-0.15, -0.1) is 11.3 Å². The average molecular weight is 292 g/mol. The van der Waals surface area contributed by atoms with E-state index < -0.39 is 0 Å². The number of rotatable bonds is 5. The number of carbonyl (C=O) groups is 1. The van der Waals surface area contributed by atoms with Gasteiger partial charge in [-0.2, -0.15) is 0 Å². The first kappa shape index (κ1) is 14.7. The van der Waals surface area contributed by atoms with Gasteiger partial charge in [0.05, 0.1) is 10.7 Å². The molecule has 2 rings (SSSR count). The number of hydrogen-bond acceptors (Lipinski definition) is 3. The van der Waals surface area contributed by atoms with E-state index in [2.05, 4.69) is 24.1 Å². The fraction of sp³-hybridized carbons (Fsp3) is 0.333. The number of aryl methyl sites for hydroxylation is 1. The molecule has 1 N–H and O–H groups in total. The lowest BCUT2D eigenvalue weighted by molar-refractivity contribution is -0.116. The van der Waals surface area contributed by atoms with Crippen LogP contribution in [0.1, 0.15) is 36.9 Å². The predicted octanol–water partition coefficient (Wildman–Crippen LogP) is 3.98. The molecule has 1 heterocycles. The molecule has 0 fully saturated rings. The van der Waals surface area contributed by atoms with Gasteiger partial charge in [0.2, 0.25) is 5.91 Å². The maximum atomic E-state index is 12.7. The Morgan fingerprint density at radius 2 is 2.05 bits per heavy atom. The number of nitrogens with one attached hydrogen (secondary N) is 1. The van der Waals surface area contributed by atoms with Gasteiger partial charge in [0, 0.05) is 23.9 Å². The van der Waals surface area contributed by atoms with E-state index >= 15 is 0 Å². The molecule has 0 bridgehead atoms. The summed E-state index contributed by atoms with van der Waals surface area (Å²) in [4.78, 5) is 16.3. The van der Waals surface area contributed by atoms with Crippen LogP contribution in [-0.2, 0) is 11.2 Å². The van der Waals surface area contributed by atoms with Gasteiger partial charge >= 0.3 is 0 Å². The van der Waals surface area contributed by atoms with Crippen LogP contribution in [0.25, 0.3) is 0 Å². The summed E-state index contributed by atoms with van der Waals surface area (Å²) in [6.45, 7) is 4.19. The first-order valence-corrected chi connectivity index (χ1v) is 7.42. The average Bonchev–Trinajstić information content (AvgIpc) is 2.88. The van der Waals surface area contributed by atoms with E-state index in [-0.39, 0.29) is 11.7 Å². The molecule has 3 nitrogen and oxygen atoms in total. The monoisotopic (exact) mass is 292 g/mol. The van der Waals surface area contributed by atoms with E-state index in [9.17, 15) is 9.18 Å². The third-order valence-electron chi connectivity index (χ3n) is 2.85. The lowest BCUT2D eigenvalue weighted by Crippen LogP contribution is -2.12. The minimum atomic E-state index is -0.313. The molecule has 5 heteroatoms. The van der Waals surface area contributed by atoms with Crippen molar-refractivity contribution in [2.75, 3.05) is 5.32 Å². The van der Waals surface area contributed by atoms with Crippen LogP contribution in [0.4, 0.5) is 10.1 Å². The Hall–Kier alpha value is -1.75. The van der Waals surface area contributed by atoms with Gasteiger partial charge < -0.3 is 5.32 Å².